The number of carbonyl (C=O) groups excluding carboxylic acids is 1. The number of hydrogen-bond acceptors (Lipinski definition) is 1. The van der Waals surface area contributed by atoms with Crippen molar-refractivity contribution >= 4 is 17.5 Å². The lowest BCUT2D eigenvalue weighted by atomic mass is 10.1. The van der Waals surface area contributed by atoms with Crippen molar-refractivity contribution in [3.05, 3.63) is 69.7 Å². The van der Waals surface area contributed by atoms with Gasteiger partial charge in [0.2, 0.25) is 5.91 Å². The van der Waals surface area contributed by atoms with E-state index in [9.17, 15) is 4.79 Å². The van der Waals surface area contributed by atoms with Crippen LogP contribution in [0.2, 0.25) is 5.02 Å². The Hall–Kier alpha value is -1.80. The highest BCUT2D eigenvalue weighted by Gasteiger charge is 2.09. The van der Waals surface area contributed by atoms with Crippen molar-refractivity contribution in [2.24, 2.45) is 5.73 Å². The van der Waals surface area contributed by atoms with Gasteiger partial charge in [-0.3, -0.25) is 4.79 Å². The quantitative estimate of drug-likeness (QED) is 0.807. The van der Waals surface area contributed by atoms with Gasteiger partial charge >= 0.3 is 0 Å². The average molecular weight is 332 g/mol. The molecule has 124 valence electrons. The van der Waals surface area contributed by atoms with Gasteiger partial charge in [-0.15, -0.1) is 0 Å². The second-order valence-electron chi connectivity index (χ2n) is 5.18. The van der Waals surface area contributed by atoms with Gasteiger partial charge in [-0.25, -0.2) is 0 Å². The third-order valence-electron chi connectivity index (χ3n) is 3.71. The van der Waals surface area contributed by atoms with E-state index in [2.05, 4.69) is 19.1 Å². The summed E-state index contributed by atoms with van der Waals surface area (Å²) in [6.07, 6.45) is 4.75. The van der Waals surface area contributed by atoms with Crippen LogP contribution in [0.3, 0.4) is 0 Å². The summed E-state index contributed by atoms with van der Waals surface area (Å²) < 4.78 is 0. The molecule has 2 aromatic rings. The molecule has 0 bridgehead atoms. The molecule has 2 nitrogen and oxygen atoms in total. The van der Waals surface area contributed by atoms with Crippen LogP contribution in [-0.2, 0) is 19.3 Å². The first-order chi connectivity index (χ1) is 11.1. The van der Waals surface area contributed by atoms with Gasteiger partial charge in [0, 0.05) is 10.6 Å². The predicted molar refractivity (Wildman–Crippen MR) is 99.2 cm³/mol. The monoisotopic (exact) mass is 331 g/mol. The van der Waals surface area contributed by atoms with E-state index in [4.69, 9.17) is 17.3 Å². The zero-order valence-corrected chi connectivity index (χ0v) is 15.0. The number of primary amides is 1. The van der Waals surface area contributed by atoms with Crippen LogP contribution < -0.4 is 5.73 Å². The summed E-state index contributed by atoms with van der Waals surface area (Å²) in [6.45, 7) is 6.07. The minimum atomic E-state index is -0.368. The average Bonchev–Trinajstić information content (AvgIpc) is 3.05. The first-order valence-electron chi connectivity index (χ1n) is 8.26. The summed E-state index contributed by atoms with van der Waals surface area (Å²) in [6, 6.07) is 13.5. The first-order valence-corrected chi connectivity index (χ1v) is 8.64. The van der Waals surface area contributed by atoms with Gasteiger partial charge in [-0.05, 0) is 66.6 Å². The molecule has 0 radical (unpaired) electrons. The Balaban J connectivity index is 0.000000208. The topological polar surface area (TPSA) is 43.1 Å². The van der Waals surface area contributed by atoms with Crippen LogP contribution in [0.5, 0.6) is 0 Å². The molecule has 3 heteroatoms. The van der Waals surface area contributed by atoms with E-state index in [1.807, 2.05) is 32.0 Å². The molecule has 0 aromatic heterocycles. The second-order valence-corrected chi connectivity index (χ2v) is 5.62. The SMILES string of the molecule is CC.CCc1ccc(C(N)=O)cc1.Clc1ccc2c(c1)CCC2. The Kier molecular flexibility index (Phi) is 8.42. The van der Waals surface area contributed by atoms with E-state index in [0.717, 1.165) is 11.4 Å². The molecule has 0 fully saturated rings. The maximum absolute atomic E-state index is 10.6. The molecule has 0 aliphatic heterocycles. The summed E-state index contributed by atoms with van der Waals surface area (Å²) in [5.41, 5.74) is 9.80. The Morgan fingerprint density at radius 1 is 1.04 bits per heavy atom. The smallest absolute Gasteiger partial charge is 0.248 e. The van der Waals surface area contributed by atoms with Crippen molar-refractivity contribution in [1.82, 2.24) is 0 Å². The number of benzene rings is 2. The molecule has 2 aromatic carbocycles. The Labute approximate surface area is 144 Å². The van der Waals surface area contributed by atoms with Gasteiger partial charge in [0.25, 0.3) is 0 Å². The molecule has 0 saturated heterocycles. The van der Waals surface area contributed by atoms with Crippen LogP contribution >= 0.6 is 11.6 Å². The van der Waals surface area contributed by atoms with Crippen LogP contribution in [0.25, 0.3) is 0 Å². The minimum absolute atomic E-state index is 0.368. The number of rotatable bonds is 2. The molecule has 0 spiro atoms. The number of fused-ring (bicyclic) bond motifs is 1. The Morgan fingerprint density at radius 3 is 2.22 bits per heavy atom. The Morgan fingerprint density at radius 2 is 1.65 bits per heavy atom. The molecule has 23 heavy (non-hydrogen) atoms. The van der Waals surface area contributed by atoms with Crippen LogP contribution in [0, 0.1) is 0 Å². The molecule has 0 saturated carbocycles. The normalized spacial score (nSPS) is 11.5. The maximum atomic E-state index is 10.6. The van der Waals surface area contributed by atoms with Gasteiger partial charge in [0.05, 0.1) is 0 Å². The van der Waals surface area contributed by atoms with Crippen molar-refractivity contribution < 1.29 is 4.79 Å². The second kappa shape index (κ2) is 10.1. The largest absolute Gasteiger partial charge is 0.366 e. The lowest BCUT2D eigenvalue weighted by Crippen LogP contribution is -2.10. The van der Waals surface area contributed by atoms with Crippen molar-refractivity contribution in [2.75, 3.05) is 0 Å². The van der Waals surface area contributed by atoms with Crippen LogP contribution in [0.1, 0.15) is 54.2 Å². The first kappa shape index (κ1) is 19.2. The van der Waals surface area contributed by atoms with E-state index >= 15 is 0 Å². The summed E-state index contributed by atoms with van der Waals surface area (Å²) in [7, 11) is 0. The zero-order valence-electron chi connectivity index (χ0n) is 14.2. The fourth-order valence-electron chi connectivity index (χ4n) is 2.45. The summed E-state index contributed by atoms with van der Waals surface area (Å²) in [5.74, 6) is -0.368. The van der Waals surface area contributed by atoms with Gasteiger partial charge in [0.15, 0.2) is 0 Å². The number of carbonyl (C=O) groups is 1. The zero-order chi connectivity index (χ0) is 17.2. The number of aryl methyl sites for hydroxylation is 3. The molecule has 3 rings (SSSR count). The fraction of sp³-hybridized carbons (Fsp3) is 0.350. The highest BCUT2D eigenvalue weighted by molar-refractivity contribution is 6.30. The minimum Gasteiger partial charge on any atom is -0.366 e. The highest BCUT2D eigenvalue weighted by atomic mass is 35.5. The Bertz CT molecular complexity index is 620. The van der Waals surface area contributed by atoms with E-state index in [1.165, 1.54) is 36.0 Å². The van der Waals surface area contributed by atoms with E-state index in [0.29, 0.717) is 5.56 Å². The van der Waals surface area contributed by atoms with E-state index in [1.54, 1.807) is 12.1 Å². The van der Waals surface area contributed by atoms with Crippen LogP contribution in [0.15, 0.2) is 42.5 Å². The highest BCUT2D eigenvalue weighted by Crippen LogP contribution is 2.24. The molecular weight excluding hydrogens is 306 g/mol. The third-order valence-corrected chi connectivity index (χ3v) is 3.94. The molecule has 1 aliphatic carbocycles. The molecule has 1 aliphatic rings. The number of halogens is 1. The van der Waals surface area contributed by atoms with Crippen molar-refractivity contribution in [2.45, 2.75) is 46.5 Å². The van der Waals surface area contributed by atoms with Crippen molar-refractivity contribution in [3.63, 3.8) is 0 Å². The van der Waals surface area contributed by atoms with E-state index in [-0.39, 0.29) is 5.91 Å². The van der Waals surface area contributed by atoms with Gasteiger partial charge in [0.1, 0.15) is 0 Å². The van der Waals surface area contributed by atoms with Crippen LogP contribution in [0.4, 0.5) is 0 Å². The van der Waals surface area contributed by atoms with Gasteiger partial charge in [-0.1, -0.05) is 50.6 Å². The molecule has 0 atom stereocenters. The standard InChI is InChI=1S/C9H9Cl.C9H11NO.C2H6/c10-9-5-4-7-2-1-3-8(7)6-9;1-2-7-3-5-8(6-4-7)9(10)11;1-2/h4-6H,1-3H2;3-6H,2H2,1H3,(H2,10,11);1-2H3. The third kappa shape index (κ3) is 6.07. The summed E-state index contributed by atoms with van der Waals surface area (Å²) >= 11 is 5.82. The molecule has 0 unspecified atom stereocenters. The predicted octanol–water partition coefficient (Wildman–Crippen LogP) is 5.20. The van der Waals surface area contributed by atoms with Gasteiger partial charge < -0.3 is 5.73 Å². The lowest BCUT2D eigenvalue weighted by Gasteiger charge is -1.96. The fourth-order valence-corrected chi connectivity index (χ4v) is 2.64. The summed E-state index contributed by atoms with van der Waals surface area (Å²) in [4.78, 5) is 10.6. The van der Waals surface area contributed by atoms with Crippen LogP contribution in [-0.4, -0.2) is 5.91 Å². The number of hydrogen-bond donors (Lipinski definition) is 1. The van der Waals surface area contributed by atoms with E-state index < -0.39 is 0 Å². The number of nitrogens with two attached hydrogens (primary N) is 1. The molecule has 0 heterocycles. The molecule has 2 N–H and O–H groups in total. The molecule has 1 amide bonds. The number of amides is 1. The van der Waals surface area contributed by atoms with Gasteiger partial charge in [-0.2, -0.15) is 0 Å². The van der Waals surface area contributed by atoms with Crippen molar-refractivity contribution in [1.29, 1.82) is 0 Å². The molecular formula is C20H26ClNO. The van der Waals surface area contributed by atoms with Crippen molar-refractivity contribution in [3.8, 4) is 0 Å². The maximum Gasteiger partial charge on any atom is 0.248 e. The lowest BCUT2D eigenvalue weighted by molar-refractivity contribution is 0.100. The summed E-state index contributed by atoms with van der Waals surface area (Å²) in [5, 5.41) is 0.876.